The molecule has 0 bridgehead atoms. The highest BCUT2D eigenvalue weighted by Gasteiger charge is 2.48. The van der Waals surface area contributed by atoms with Gasteiger partial charge in [0.05, 0.1) is 11.0 Å². The fraction of sp³-hybridized carbons (Fsp3) is 0.667. The number of rotatable bonds is 3. The zero-order valence-corrected chi connectivity index (χ0v) is 15.0. The zero-order chi connectivity index (χ0) is 20.7. The average Bonchev–Trinajstić information content (AvgIpc) is 2.99. The largest absolute Gasteiger partial charge is 0.417 e. The molecule has 2 aliphatic rings. The van der Waals surface area contributed by atoms with Crippen LogP contribution < -0.4 is 5.73 Å². The fourth-order valence-corrected chi connectivity index (χ4v) is 4.17. The van der Waals surface area contributed by atoms with Gasteiger partial charge >= 0.3 is 12.4 Å². The van der Waals surface area contributed by atoms with Gasteiger partial charge in [-0.05, 0) is 37.3 Å². The lowest BCUT2D eigenvalue weighted by Gasteiger charge is -2.37. The average molecular weight is 409 g/mol. The Kier molecular flexibility index (Phi) is 5.37. The molecule has 1 amide bonds. The third-order valence-electron chi connectivity index (χ3n) is 5.64. The Morgan fingerprint density at radius 3 is 2.57 bits per heavy atom. The molecular weight excluding hydrogens is 388 g/mol. The zero-order valence-electron chi connectivity index (χ0n) is 15.0. The lowest BCUT2D eigenvalue weighted by molar-refractivity contribution is -0.153. The van der Waals surface area contributed by atoms with Crippen LogP contribution in [0.2, 0.25) is 0 Å². The summed E-state index contributed by atoms with van der Waals surface area (Å²) in [4.78, 5) is 18.3. The number of nitrogens with two attached hydrogens (primary N) is 1. The number of amides is 1. The molecule has 156 valence electrons. The van der Waals surface area contributed by atoms with Gasteiger partial charge in [-0.3, -0.25) is 9.78 Å². The molecule has 2 unspecified atom stereocenters. The first-order chi connectivity index (χ1) is 12.9. The van der Waals surface area contributed by atoms with E-state index in [0.29, 0.717) is 12.1 Å². The Labute approximate surface area is 158 Å². The van der Waals surface area contributed by atoms with Crippen molar-refractivity contribution in [3.63, 3.8) is 0 Å². The van der Waals surface area contributed by atoms with E-state index in [2.05, 4.69) is 4.98 Å². The number of aromatic nitrogens is 1. The Morgan fingerprint density at radius 1 is 1.29 bits per heavy atom. The van der Waals surface area contributed by atoms with E-state index in [0.717, 1.165) is 12.3 Å². The van der Waals surface area contributed by atoms with Gasteiger partial charge in [0, 0.05) is 43.9 Å². The van der Waals surface area contributed by atoms with Gasteiger partial charge in [-0.1, -0.05) is 0 Å². The molecule has 0 aromatic carbocycles. The maximum absolute atomic E-state index is 13.1. The number of hydrogen-bond acceptors (Lipinski definition) is 3. The monoisotopic (exact) mass is 409 g/mol. The van der Waals surface area contributed by atoms with Gasteiger partial charge in [-0.25, -0.2) is 0 Å². The van der Waals surface area contributed by atoms with E-state index in [-0.39, 0.29) is 50.4 Å². The molecule has 1 aromatic heterocycles. The predicted molar refractivity (Wildman–Crippen MR) is 87.9 cm³/mol. The Balaban J connectivity index is 1.81. The topological polar surface area (TPSA) is 59.2 Å². The van der Waals surface area contributed by atoms with Crippen molar-refractivity contribution >= 4 is 5.91 Å². The lowest BCUT2D eigenvalue weighted by Crippen LogP contribution is -2.46. The first-order valence-electron chi connectivity index (χ1n) is 9.06. The van der Waals surface area contributed by atoms with Crippen molar-refractivity contribution in [2.75, 3.05) is 6.54 Å². The van der Waals surface area contributed by atoms with Crippen LogP contribution in [0.4, 0.5) is 26.3 Å². The van der Waals surface area contributed by atoms with Crippen LogP contribution in [-0.4, -0.2) is 34.6 Å². The molecule has 2 N–H and O–H groups in total. The quantitative estimate of drug-likeness (QED) is 0.772. The summed E-state index contributed by atoms with van der Waals surface area (Å²) in [6.07, 6.45) is -8.49. The molecule has 2 heterocycles. The normalized spacial score (nSPS) is 25.7. The first-order valence-corrected chi connectivity index (χ1v) is 9.06. The van der Waals surface area contributed by atoms with Gasteiger partial charge in [0.2, 0.25) is 5.91 Å². The van der Waals surface area contributed by atoms with Gasteiger partial charge < -0.3 is 10.6 Å². The Hall–Kier alpha value is -1.84. The van der Waals surface area contributed by atoms with Gasteiger partial charge in [0.25, 0.3) is 0 Å². The number of carbonyl (C=O) groups excluding carboxylic acids is 1. The molecule has 0 saturated heterocycles. The van der Waals surface area contributed by atoms with Crippen LogP contribution in [0.1, 0.15) is 48.9 Å². The van der Waals surface area contributed by atoms with Crippen molar-refractivity contribution in [3.8, 4) is 0 Å². The number of pyridine rings is 1. The summed E-state index contributed by atoms with van der Waals surface area (Å²) in [5.74, 6) is -0.451. The molecule has 0 radical (unpaired) electrons. The molecule has 1 aromatic rings. The summed E-state index contributed by atoms with van der Waals surface area (Å²) in [5.41, 5.74) is 4.52. The number of fused-ring (bicyclic) bond motifs is 1. The molecule has 1 saturated carbocycles. The third-order valence-corrected chi connectivity index (χ3v) is 5.64. The highest BCUT2D eigenvalue weighted by Crippen LogP contribution is 2.45. The number of alkyl halides is 6. The summed E-state index contributed by atoms with van der Waals surface area (Å²) in [6, 6.07) is 0.609. The fourth-order valence-electron chi connectivity index (χ4n) is 4.17. The second kappa shape index (κ2) is 7.20. The molecule has 0 spiro atoms. The summed E-state index contributed by atoms with van der Waals surface area (Å²) in [5, 5.41) is 0. The van der Waals surface area contributed by atoms with E-state index in [1.807, 2.05) is 0 Å². The van der Waals surface area contributed by atoms with Crippen LogP contribution in [0.3, 0.4) is 0 Å². The molecule has 10 heteroatoms. The van der Waals surface area contributed by atoms with E-state index in [9.17, 15) is 31.1 Å². The Morgan fingerprint density at radius 2 is 2.00 bits per heavy atom. The minimum atomic E-state index is -4.56. The Bertz CT molecular complexity index is 748. The third kappa shape index (κ3) is 4.42. The van der Waals surface area contributed by atoms with Crippen molar-refractivity contribution in [1.29, 1.82) is 0 Å². The van der Waals surface area contributed by atoms with Crippen molar-refractivity contribution in [1.82, 2.24) is 9.88 Å². The minimum Gasteiger partial charge on any atom is -0.337 e. The first kappa shape index (κ1) is 20.9. The van der Waals surface area contributed by atoms with Gasteiger partial charge in [-0.2, -0.15) is 26.3 Å². The van der Waals surface area contributed by atoms with Crippen LogP contribution in [-0.2, 0) is 23.9 Å². The summed E-state index contributed by atoms with van der Waals surface area (Å²) in [7, 11) is 0. The smallest absolute Gasteiger partial charge is 0.337 e. The summed E-state index contributed by atoms with van der Waals surface area (Å²) in [6.45, 7) is 0.126. The van der Waals surface area contributed by atoms with Crippen LogP contribution in [0.15, 0.2) is 12.3 Å². The number of carbonyl (C=O) groups is 1. The van der Waals surface area contributed by atoms with Crippen molar-refractivity contribution < 1.29 is 31.1 Å². The molecule has 1 aliphatic carbocycles. The lowest BCUT2D eigenvalue weighted by atomic mass is 9.79. The molecule has 2 atom stereocenters. The van der Waals surface area contributed by atoms with Gasteiger partial charge in [-0.15, -0.1) is 0 Å². The second-order valence-corrected chi connectivity index (χ2v) is 7.70. The maximum Gasteiger partial charge on any atom is 0.417 e. The molecule has 3 rings (SSSR count). The number of nitrogens with zero attached hydrogens (tertiary/aromatic N) is 2. The number of hydrogen-bond donors (Lipinski definition) is 1. The standard InChI is InChI=1S/C18H21F6N3O/c19-17(20,21)5-4-16(3-1-13(25)8-16)15(28)27-6-2-14-11(10-27)7-12(9-26-14)18(22,23)24/h7,9,13H,1-6,8,10,25H2. The van der Waals surface area contributed by atoms with E-state index in [1.54, 1.807) is 0 Å². The molecular formula is C18H21F6N3O. The molecule has 28 heavy (non-hydrogen) atoms. The number of halogens is 6. The maximum atomic E-state index is 13.1. The van der Waals surface area contributed by atoms with E-state index in [1.165, 1.54) is 4.90 Å². The van der Waals surface area contributed by atoms with E-state index < -0.39 is 35.7 Å². The van der Waals surface area contributed by atoms with Crippen molar-refractivity contribution in [2.24, 2.45) is 11.1 Å². The van der Waals surface area contributed by atoms with E-state index >= 15 is 0 Å². The van der Waals surface area contributed by atoms with Gasteiger partial charge in [0.1, 0.15) is 0 Å². The predicted octanol–water partition coefficient (Wildman–Crippen LogP) is 3.83. The van der Waals surface area contributed by atoms with E-state index in [4.69, 9.17) is 5.73 Å². The minimum absolute atomic E-state index is 0.0892. The summed E-state index contributed by atoms with van der Waals surface area (Å²) >= 11 is 0. The highest BCUT2D eigenvalue weighted by atomic mass is 19.4. The van der Waals surface area contributed by atoms with Gasteiger partial charge in [0.15, 0.2) is 0 Å². The molecule has 4 nitrogen and oxygen atoms in total. The second-order valence-electron chi connectivity index (χ2n) is 7.70. The SMILES string of the molecule is NC1CCC(CCC(F)(F)F)(C(=O)N2CCc3ncc(C(F)(F)F)cc3C2)C1. The van der Waals surface area contributed by atoms with Crippen LogP contribution >= 0.6 is 0 Å². The highest BCUT2D eigenvalue weighted by molar-refractivity contribution is 5.83. The van der Waals surface area contributed by atoms with Crippen LogP contribution in [0, 0.1) is 5.41 Å². The molecule has 1 fully saturated rings. The summed E-state index contributed by atoms with van der Waals surface area (Å²) < 4.78 is 77.1. The molecule has 1 aliphatic heterocycles. The van der Waals surface area contributed by atoms with Crippen LogP contribution in [0.5, 0.6) is 0 Å². The van der Waals surface area contributed by atoms with Crippen molar-refractivity contribution in [3.05, 3.63) is 29.1 Å². The van der Waals surface area contributed by atoms with Crippen molar-refractivity contribution in [2.45, 2.75) is 63.5 Å². The van der Waals surface area contributed by atoms with Crippen LogP contribution in [0.25, 0.3) is 0 Å².